The minimum atomic E-state index is 0.0206. The van der Waals surface area contributed by atoms with E-state index in [4.69, 9.17) is 5.11 Å². The molecule has 0 aliphatic heterocycles. The van der Waals surface area contributed by atoms with Gasteiger partial charge in [0.1, 0.15) is 0 Å². The number of carbonyl (C=O) groups is 1. The van der Waals surface area contributed by atoms with Gasteiger partial charge in [0.15, 0.2) is 0 Å². The Morgan fingerprint density at radius 1 is 1.54 bits per heavy atom. The third kappa shape index (κ3) is 7.74. The lowest BCUT2D eigenvalue weighted by atomic mass is 10.2. The van der Waals surface area contributed by atoms with Crippen LogP contribution in [0, 0.1) is 0 Å². The van der Waals surface area contributed by atoms with E-state index in [1.807, 2.05) is 13.8 Å². The standard InChI is InChI=1S/C9H20N2O2/c1-3-8(2)11-9(13)7-10-5-4-6-12/h8,10,12H,3-7H2,1-2H3,(H,11,13). The van der Waals surface area contributed by atoms with E-state index in [2.05, 4.69) is 10.6 Å². The predicted octanol–water partition coefficient (Wildman–Crippen LogP) is -0.127. The number of hydrogen-bond acceptors (Lipinski definition) is 3. The van der Waals surface area contributed by atoms with Crippen molar-refractivity contribution in [2.75, 3.05) is 19.7 Å². The third-order valence-electron chi connectivity index (χ3n) is 1.82. The van der Waals surface area contributed by atoms with E-state index >= 15 is 0 Å². The molecule has 1 atom stereocenters. The minimum Gasteiger partial charge on any atom is -0.396 e. The summed E-state index contributed by atoms with van der Waals surface area (Å²) in [7, 11) is 0. The first-order valence-corrected chi connectivity index (χ1v) is 4.81. The first-order valence-electron chi connectivity index (χ1n) is 4.81. The molecule has 0 aromatic carbocycles. The molecule has 4 heteroatoms. The smallest absolute Gasteiger partial charge is 0.234 e. The lowest BCUT2D eigenvalue weighted by molar-refractivity contribution is -0.120. The number of carbonyl (C=O) groups excluding carboxylic acids is 1. The Balaban J connectivity index is 3.30. The Hall–Kier alpha value is -0.610. The summed E-state index contributed by atoms with van der Waals surface area (Å²) in [6.07, 6.45) is 1.64. The molecule has 0 bridgehead atoms. The summed E-state index contributed by atoms with van der Waals surface area (Å²) < 4.78 is 0. The number of aliphatic hydroxyl groups is 1. The summed E-state index contributed by atoms with van der Waals surface area (Å²) in [6.45, 7) is 5.20. The van der Waals surface area contributed by atoms with Crippen molar-refractivity contribution in [2.45, 2.75) is 32.7 Å². The average Bonchev–Trinajstić information content (AvgIpc) is 2.12. The van der Waals surface area contributed by atoms with Gasteiger partial charge >= 0.3 is 0 Å². The molecule has 4 nitrogen and oxygen atoms in total. The number of amides is 1. The molecule has 0 aliphatic carbocycles. The molecule has 0 aromatic heterocycles. The summed E-state index contributed by atoms with van der Waals surface area (Å²) in [5.41, 5.74) is 0. The zero-order valence-corrected chi connectivity index (χ0v) is 8.47. The SMILES string of the molecule is CCC(C)NC(=O)CNCCCO. The highest BCUT2D eigenvalue weighted by molar-refractivity contribution is 5.78. The summed E-state index contributed by atoms with van der Waals surface area (Å²) in [5, 5.41) is 14.3. The van der Waals surface area contributed by atoms with Crippen LogP contribution >= 0.6 is 0 Å². The zero-order chi connectivity index (χ0) is 10.1. The van der Waals surface area contributed by atoms with Crippen LogP contribution in [-0.4, -0.2) is 36.8 Å². The summed E-state index contributed by atoms with van der Waals surface area (Å²) >= 11 is 0. The van der Waals surface area contributed by atoms with E-state index in [1.165, 1.54) is 0 Å². The predicted molar refractivity (Wildman–Crippen MR) is 52.5 cm³/mol. The highest BCUT2D eigenvalue weighted by Gasteiger charge is 2.03. The van der Waals surface area contributed by atoms with Gasteiger partial charge in [0.25, 0.3) is 0 Å². The van der Waals surface area contributed by atoms with Gasteiger partial charge in [-0.05, 0) is 26.3 Å². The van der Waals surface area contributed by atoms with Crippen molar-refractivity contribution < 1.29 is 9.90 Å². The minimum absolute atomic E-state index is 0.0206. The molecule has 13 heavy (non-hydrogen) atoms. The molecule has 1 amide bonds. The zero-order valence-electron chi connectivity index (χ0n) is 8.47. The average molecular weight is 188 g/mol. The normalized spacial score (nSPS) is 12.5. The van der Waals surface area contributed by atoms with E-state index in [1.54, 1.807) is 0 Å². The van der Waals surface area contributed by atoms with Crippen molar-refractivity contribution in [3.8, 4) is 0 Å². The van der Waals surface area contributed by atoms with E-state index in [9.17, 15) is 4.79 Å². The van der Waals surface area contributed by atoms with Gasteiger partial charge in [0, 0.05) is 12.6 Å². The molecular weight excluding hydrogens is 168 g/mol. The van der Waals surface area contributed by atoms with E-state index in [0.29, 0.717) is 19.5 Å². The Morgan fingerprint density at radius 3 is 2.77 bits per heavy atom. The van der Waals surface area contributed by atoms with Gasteiger partial charge in [0.2, 0.25) is 5.91 Å². The van der Waals surface area contributed by atoms with Crippen molar-refractivity contribution in [1.29, 1.82) is 0 Å². The van der Waals surface area contributed by atoms with Crippen molar-refractivity contribution in [3.63, 3.8) is 0 Å². The first-order chi connectivity index (χ1) is 6.20. The summed E-state index contributed by atoms with van der Waals surface area (Å²) in [6, 6.07) is 0.243. The van der Waals surface area contributed by atoms with Crippen LogP contribution in [0.1, 0.15) is 26.7 Å². The third-order valence-corrected chi connectivity index (χ3v) is 1.82. The van der Waals surface area contributed by atoms with Gasteiger partial charge in [-0.1, -0.05) is 6.92 Å². The lowest BCUT2D eigenvalue weighted by Crippen LogP contribution is -2.39. The molecule has 0 saturated heterocycles. The van der Waals surface area contributed by atoms with Gasteiger partial charge < -0.3 is 15.7 Å². The van der Waals surface area contributed by atoms with Crippen LogP contribution < -0.4 is 10.6 Å². The van der Waals surface area contributed by atoms with Gasteiger partial charge in [-0.15, -0.1) is 0 Å². The Kier molecular flexibility index (Phi) is 7.63. The maximum absolute atomic E-state index is 11.1. The van der Waals surface area contributed by atoms with E-state index in [0.717, 1.165) is 6.42 Å². The monoisotopic (exact) mass is 188 g/mol. The fourth-order valence-electron chi connectivity index (χ4n) is 0.834. The Morgan fingerprint density at radius 2 is 2.23 bits per heavy atom. The van der Waals surface area contributed by atoms with E-state index in [-0.39, 0.29) is 18.6 Å². The van der Waals surface area contributed by atoms with Crippen molar-refractivity contribution in [1.82, 2.24) is 10.6 Å². The number of rotatable bonds is 7. The van der Waals surface area contributed by atoms with Crippen LogP contribution in [0.25, 0.3) is 0 Å². The van der Waals surface area contributed by atoms with Crippen LogP contribution in [0.15, 0.2) is 0 Å². The number of hydrogen-bond donors (Lipinski definition) is 3. The van der Waals surface area contributed by atoms with Gasteiger partial charge in [-0.2, -0.15) is 0 Å². The van der Waals surface area contributed by atoms with Gasteiger partial charge in [0.05, 0.1) is 6.54 Å². The largest absolute Gasteiger partial charge is 0.396 e. The number of nitrogens with one attached hydrogen (secondary N) is 2. The van der Waals surface area contributed by atoms with Crippen LogP contribution in [0.2, 0.25) is 0 Å². The molecule has 0 heterocycles. The maximum atomic E-state index is 11.1. The second-order valence-corrected chi connectivity index (χ2v) is 3.13. The molecule has 0 spiro atoms. The highest BCUT2D eigenvalue weighted by atomic mass is 16.3. The van der Waals surface area contributed by atoms with Crippen molar-refractivity contribution in [2.24, 2.45) is 0 Å². The first kappa shape index (κ1) is 12.4. The lowest BCUT2D eigenvalue weighted by Gasteiger charge is -2.11. The quantitative estimate of drug-likeness (QED) is 0.488. The van der Waals surface area contributed by atoms with Crippen molar-refractivity contribution >= 4 is 5.91 Å². The molecule has 0 aromatic rings. The Bertz CT molecular complexity index is 140. The molecule has 0 fully saturated rings. The molecule has 0 rings (SSSR count). The molecule has 78 valence electrons. The van der Waals surface area contributed by atoms with Crippen LogP contribution in [0.3, 0.4) is 0 Å². The van der Waals surface area contributed by atoms with Crippen LogP contribution in [-0.2, 0) is 4.79 Å². The van der Waals surface area contributed by atoms with Crippen LogP contribution in [0.4, 0.5) is 0 Å². The van der Waals surface area contributed by atoms with Crippen molar-refractivity contribution in [3.05, 3.63) is 0 Å². The summed E-state index contributed by atoms with van der Waals surface area (Å²) in [5.74, 6) is 0.0206. The fraction of sp³-hybridized carbons (Fsp3) is 0.889. The topological polar surface area (TPSA) is 61.4 Å². The number of aliphatic hydroxyl groups excluding tert-OH is 1. The molecular formula is C9H20N2O2. The second kappa shape index (κ2) is 8.01. The molecule has 0 saturated carbocycles. The molecule has 3 N–H and O–H groups in total. The second-order valence-electron chi connectivity index (χ2n) is 3.13. The molecule has 1 unspecified atom stereocenters. The molecule has 0 aliphatic rings. The van der Waals surface area contributed by atoms with Gasteiger partial charge in [-0.25, -0.2) is 0 Å². The van der Waals surface area contributed by atoms with Gasteiger partial charge in [-0.3, -0.25) is 4.79 Å². The molecule has 0 radical (unpaired) electrons. The maximum Gasteiger partial charge on any atom is 0.234 e. The van der Waals surface area contributed by atoms with E-state index < -0.39 is 0 Å². The Labute approximate surface area is 79.7 Å². The fourth-order valence-corrected chi connectivity index (χ4v) is 0.834. The summed E-state index contributed by atoms with van der Waals surface area (Å²) in [4.78, 5) is 11.1. The van der Waals surface area contributed by atoms with Crippen LogP contribution in [0.5, 0.6) is 0 Å². The highest BCUT2D eigenvalue weighted by Crippen LogP contribution is 1.86.